The van der Waals surface area contributed by atoms with E-state index >= 15 is 0 Å². The van der Waals surface area contributed by atoms with Gasteiger partial charge in [0.15, 0.2) is 5.16 Å². The highest BCUT2D eigenvalue weighted by Gasteiger charge is 2.22. The van der Waals surface area contributed by atoms with Crippen molar-refractivity contribution < 1.29 is 0 Å². The van der Waals surface area contributed by atoms with Crippen LogP contribution in [0.4, 0.5) is 11.6 Å². The van der Waals surface area contributed by atoms with Crippen molar-refractivity contribution in [3.8, 4) is 0 Å². The van der Waals surface area contributed by atoms with Crippen molar-refractivity contribution in [3.05, 3.63) is 40.9 Å². The van der Waals surface area contributed by atoms with E-state index in [1.165, 1.54) is 17.8 Å². The van der Waals surface area contributed by atoms with E-state index in [2.05, 4.69) is 9.97 Å². The number of benzene rings is 1. The molecule has 0 saturated carbocycles. The van der Waals surface area contributed by atoms with Gasteiger partial charge in [0.1, 0.15) is 11.6 Å². The fourth-order valence-electron chi connectivity index (χ4n) is 1.93. The minimum absolute atomic E-state index is 0.0186. The van der Waals surface area contributed by atoms with Gasteiger partial charge in [-0.05, 0) is 24.1 Å². The Bertz CT molecular complexity index is 602. The lowest BCUT2D eigenvalue weighted by atomic mass is 10.0. The Labute approximate surface area is 133 Å². The van der Waals surface area contributed by atoms with Crippen LogP contribution in [0.15, 0.2) is 35.5 Å². The fourth-order valence-corrected chi connectivity index (χ4v) is 3.32. The SMILES string of the molecule is CCC(N)C(Sc1nc(N)cc(N)n1)c1cccc(Cl)c1. The summed E-state index contributed by atoms with van der Waals surface area (Å²) in [5, 5.41) is 1.17. The van der Waals surface area contributed by atoms with Crippen molar-refractivity contribution in [1.82, 2.24) is 9.97 Å². The van der Waals surface area contributed by atoms with Gasteiger partial charge in [-0.1, -0.05) is 42.4 Å². The number of hydrogen-bond donors (Lipinski definition) is 3. The first kappa shape index (κ1) is 15.9. The van der Waals surface area contributed by atoms with Gasteiger partial charge in [-0.15, -0.1) is 0 Å². The quantitative estimate of drug-likeness (QED) is 0.577. The van der Waals surface area contributed by atoms with Gasteiger partial charge in [-0.25, -0.2) is 9.97 Å². The molecular formula is C14H18ClN5S. The molecule has 0 radical (unpaired) electrons. The zero-order valence-corrected chi connectivity index (χ0v) is 13.2. The summed E-state index contributed by atoms with van der Waals surface area (Å²) in [6.07, 6.45) is 0.821. The first-order valence-electron chi connectivity index (χ1n) is 6.57. The Hall–Kier alpha value is -1.50. The van der Waals surface area contributed by atoms with E-state index in [1.54, 1.807) is 0 Å². The summed E-state index contributed by atoms with van der Waals surface area (Å²) in [7, 11) is 0. The van der Waals surface area contributed by atoms with Crippen molar-refractivity contribution in [1.29, 1.82) is 0 Å². The van der Waals surface area contributed by atoms with E-state index < -0.39 is 0 Å². The van der Waals surface area contributed by atoms with Crippen molar-refractivity contribution >= 4 is 35.0 Å². The fraction of sp³-hybridized carbons (Fsp3) is 0.286. The first-order valence-corrected chi connectivity index (χ1v) is 7.83. The molecular weight excluding hydrogens is 306 g/mol. The molecule has 0 spiro atoms. The van der Waals surface area contributed by atoms with E-state index in [0.717, 1.165) is 12.0 Å². The van der Waals surface area contributed by atoms with Crippen LogP contribution >= 0.6 is 23.4 Å². The Kier molecular flexibility index (Phi) is 5.27. The highest BCUT2D eigenvalue weighted by molar-refractivity contribution is 7.99. The van der Waals surface area contributed by atoms with Gasteiger partial charge < -0.3 is 17.2 Å². The second-order valence-corrected chi connectivity index (χ2v) is 6.21. The van der Waals surface area contributed by atoms with Gasteiger partial charge in [-0.3, -0.25) is 0 Å². The molecule has 2 atom stereocenters. The largest absolute Gasteiger partial charge is 0.383 e. The van der Waals surface area contributed by atoms with E-state index in [1.807, 2.05) is 31.2 Å². The summed E-state index contributed by atoms with van der Waals surface area (Å²) in [6, 6.07) is 9.11. The van der Waals surface area contributed by atoms with E-state index in [4.69, 9.17) is 28.8 Å². The van der Waals surface area contributed by atoms with Crippen molar-refractivity contribution in [2.24, 2.45) is 5.73 Å². The van der Waals surface area contributed by atoms with Gasteiger partial charge in [0, 0.05) is 17.1 Å². The maximum atomic E-state index is 6.24. The molecule has 21 heavy (non-hydrogen) atoms. The van der Waals surface area contributed by atoms with Crippen LogP contribution in [0.2, 0.25) is 5.02 Å². The average Bonchev–Trinajstić information content (AvgIpc) is 2.43. The Balaban J connectivity index is 2.32. The number of thioether (sulfide) groups is 1. The minimum atomic E-state index is -0.0558. The molecule has 2 rings (SSSR count). The lowest BCUT2D eigenvalue weighted by molar-refractivity contribution is 0.632. The smallest absolute Gasteiger partial charge is 0.192 e. The van der Waals surface area contributed by atoms with Crippen molar-refractivity contribution in [2.45, 2.75) is 29.8 Å². The maximum Gasteiger partial charge on any atom is 0.192 e. The third-order valence-corrected chi connectivity index (χ3v) is 4.52. The number of nitrogen functional groups attached to an aromatic ring is 2. The topological polar surface area (TPSA) is 104 Å². The molecule has 0 amide bonds. The first-order chi connectivity index (χ1) is 9.99. The summed E-state index contributed by atoms with van der Waals surface area (Å²) >= 11 is 7.51. The van der Waals surface area contributed by atoms with E-state index in [0.29, 0.717) is 21.8 Å². The van der Waals surface area contributed by atoms with Gasteiger partial charge in [-0.2, -0.15) is 0 Å². The molecule has 1 heterocycles. The summed E-state index contributed by atoms with van der Waals surface area (Å²) in [4.78, 5) is 8.40. The minimum Gasteiger partial charge on any atom is -0.383 e. The van der Waals surface area contributed by atoms with Crippen LogP contribution in [0.1, 0.15) is 24.2 Å². The lowest BCUT2D eigenvalue weighted by Crippen LogP contribution is -2.26. The van der Waals surface area contributed by atoms with Crippen LogP contribution < -0.4 is 17.2 Å². The monoisotopic (exact) mass is 323 g/mol. The Morgan fingerprint density at radius 3 is 2.43 bits per heavy atom. The number of rotatable bonds is 5. The zero-order chi connectivity index (χ0) is 15.4. The number of nitrogens with zero attached hydrogens (tertiary/aromatic N) is 2. The maximum absolute atomic E-state index is 6.24. The molecule has 6 N–H and O–H groups in total. The second-order valence-electron chi connectivity index (χ2n) is 4.67. The molecule has 0 aliphatic carbocycles. The summed E-state index contributed by atoms with van der Waals surface area (Å²) in [5.41, 5.74) is 18.7. The van der Waals surface area contributed by atoms with Crippen LogP contribution in [0.25, 0.3) is 0 Å². The van der Waals surface area contributed by atoms with Crippen LogP contribution in [0.3, 0.4) is 0 Å². The van der Waals surface area contributed by atoms with Crippen molar-refractivity contribution in [3.63, 3.8) is 0 Å². The zero-order valence-electron chi connectivity index (χ0n) is 11.7. The number of nitrogens with two attached hydrogens (primary N) is 3. The van der Waals surface area contributed by atoms with Crippen LogP contribution in [0, 0.1) is 0 Å². The third-order valence-electron chi connectivity index (χ3n) is 3.02. The predicted molar refractivity (Wildman–Crippen MR) is 89.2 cm³/mol. The van der Waals surface area contributed by atoms with Crippen LogP contribution in [-0.4, -0.2) is 16.0 Å². The molecule has 0 fully saturated rings. The molecule has 1 aromatic heterocycles. The van der Waals surface area contributed by atoms with Crippen LogP contribution in [-0.2, 0) is 0 Å². The van der Waals surface area contributed by atoms with E-state index in [9.17, 15) is 0 Å². The molecule has 0 aliphatic heterocycles. The summed E-state index contributed by atoms with van der Waals surface area (Å²) < 4.78 is 0. The molecule has 0 saturated heterocycles. The molecule has 2 unspecified atom stereocenters. The highest BCUT2D eigenvalue weighted by atomic mass is 35.5. The predicted octanol–water partition coefficient (Wildman–Crippen LogP) is 2.87. The number of hydrogen-bond acceptors (Lipinski definition) is 6. The van der Waals surface area contributed by atoms with Crippen molar-refractivity contribution in [2.75, 3.05) is 11.5 Å². The lowest BCUT2D eigenvalue weighted by Gasteiger charge is -2.22. The third kappa shape index (κ3) is 4.23. The summed E-state index contributed by atoms with van der Waals surface area (Å²) in [6.45, 7) is 2.04. The van der Waals surface area contributed by atoms with Gasteiger partial charge in [0.05, 0.1) is 5.25 Å². The summed E-state index contributed by atoms with van der Waals surface area (Å²) in [5.74, 6) is 0.694. The molecule has 112 valence electrons. The molecule has 0 aliphatic rings. The Morgan fingerprint density at radius 2 is 1.86 bits per heavy atom. The van der Waals surface area contributed by atoms with Gasteiger partial charge >= 0.3 is 0 Å². The normalized spacial score (nSPS) is 13.9. The molecule has 0 bridgehead atoms. The second kappa shape index (κ2) is 6.98. The van der Waals surface area contributed by atoms with E-state index in [-0.39, 0.29) is 11.3 Å². The number of halogens is 1. The highest BCUT2D eigenvalue weighted by Crippen LogP contribution is 2.37. The number of anilines is 2. The van der Waals surface area contributed by atoms with Gasteiger partial charge in [0.25, 0.3) is 0 Å². The molecule has 5 nitrogen and oxygen atoms in total. The standard InChI is InChI=1S/C14H18ClN5S/c1-2-10(16)13(8-4-3-5-9(15)6-8)21-14-19-11(17)7-12(18)20-14/h3-7,10,13H,2,16H2,1H3,(H4,17,18,19,20). The molecule has 7 heteroatoms. The van der Waals surface area contributed by atoms with Crippen LogP contribution in [0.5, 0.6) is 0 Å². The molecule has 2 aromatic rings. The Morgan fingerprint density at radius 1 is 1.19 bits per heavy atom. The average molecular weight is 324 g/mol. The van der Waals surface area contributed by atoms with Gasteiger partial charge in [0.2, 0.25) is 0 Å². The number of aromatic nitrogens is 2. The molecule has 1 aromatic carbocycles.